The van der Waals surface area contributed by atoms with Gasteiger partial charge in [-0.05, 0) is 30.9 Å². The summed E-state index contributed by atoms with van der Waals surface area (Å²) in [4.78, 5) is 2.20. The molecule has 4 heteroatoms. The van der Waals surface area contributed by atoms with Gasteiger partial charge in [-0.15, -0.1) is 0 Å². The van der Waals surface area contributed by atoms with E-state index < -0.39 is 5.82 Å². The Balaban J connectivity index is 3.33. The van der Waals surface area contributed by atoms with Gasteiger partial charge in [-0.25, -0.2) is 4.39 Å². The van der Waals surface area contributed by atoms with Crippen LogP contribution in [0.1, 0.15) is 46.1 Å². The molecule has 0 aliphatic heterocycles. The van der Waals surface area contributed by atoms with Crippen LogP contribution in [0.2, 0.25) is 0 Å². The molecule has 0 aliphatic rings. The third kappa shape index (κ3) is 3.71. The molecule has 0 atom stereocenters. The monoisotopic (exact) mass is 279 g/mol. The van der Waals surface area contributed by atoms with Crippen LogP contribution in [0.15, 0.2) is 18.2 Å². The number of anilines is 1. The summed E-state index contributed by atoms with van der Waals surface area (Å²) in [5, 5.41) is 7.66. The van der Waals surface area contributed by atoms with Gasteiger partial charge in [0.25, 0.3) is 0 Å². The van der Waals surface area contributed by atoms with Crippen molar-refractivity contribution in [3.05, 3.63) is 29.6 Å². The average Bonchev–Trinajstić information content (AvgIpc) is 2.37. The standard InChI is InChI=1S/C16H26FN3/c1-5-12(6-2)20(10-11(3)4)14-9-7-8-13(17)15(14)16(18)19/h7-9,11-12H,5-6,10H2,1-4H3,(H3,18,19). The number of hydrogen-bond donors (Lipinski definition) is 2. The van der Waals surface area contributed by atoms with E-state index in [9.17, 15) is 4.39 Å². The van der Waals surface area contributed by atoms with Crippen molar-refractivity contribution in [3.63, 3.8) is 0 Å². The first kappa shape index (κ1) is 16.5. The summed E-state index contributed by atoms with van der Waals surface area (Å²) >= 11 is 0. The van der Waals surface area contributed by atoms with Gasteiger partial charge in [-0.1, -0.05) is 33.8 Å². The molecule has 3 N–H and O–H groups in total. The molecule has 0 aromatic heterocycles. The summed E-state index contributed by atoms with van der Waals surface area (Å²) in [6, 6.07) is 5.24. The zero-order valence-corrected chi connectivity index (χ0v) is 12.9. The molecule has 3 nitrogen and oxygen atoms in total. The molecule has 0 amide bonds. The van der Waals surface area contributed by atoms with Crippen molar-refractivity contribution < 1.29 is 4.39 Å². The van der Waals surface area contributed by atoms with Gasteiger partial charge in [0.1, 0.15) is 11.7 Å². The second kappa shape index (κ2) is 7.27. The number of nitrogens with zero attached hydrogens (tertiary/aromatic N) is 1. The van der Waals surface area contributed by atoms with Gasteiger partial charge < -0.3 is 10.6 Å². The van der Waals surface area contributed by atoms with Crippen molar-refractivity contribution in [1.82, 2.24) is 0 Å². The maximum atomic E-state index is 14.0. The molecule has 0 unspecified atom stereocenters. The van der Waals surface area contributed by atoms with E-state index in [2.05, 4.69) is 32.6 Å². The maximum Gasteiger partial charge on any atom is 0.136 e. The second-order valence-corrected chi connectivity index (χ2v) is 5.56. The molecular formula is C16H26FN3. The predicted octanol–water partition coefficient (Wildman–Crippen LogP) is 3.76. The molecule has 0 spiro atoms. The van der Waals surface area contributed by atoms with Crippen molar-refractivity contribution in [2.24, 2.45) is 11.7 Å². The van der Waals surface area contributed by atoms with Crippen molar-refractivity contribution in [2.75, 3.05) is 11.4 Å². The molecule has 112 valence electrons. The molecule has 1 aromatic carbocycles. The van der Waals surface area contributed by atoms with E-state index in [0.29, 0.717) is 12.0 Å². The van der Waals surface area contributed by atoms with Crippen LogP contribution >= 0.6 is 0 Å². The quantitative estimate of drug-likeness (QED) is 0.590. The Morgan fingerprint density at radius 3 is 2.35 bits per heavy atom. The van der Waals surface area contributed by atoms with Gasteiger partial charge in [-0.2, -0.15) is 0 Å². The van der Waals surface area contributed by atoms with Crippen LogP contribution in [0.3, 0.4) is 0 Å². The van der Waals surface area contributed by atoms with Gasteiger partial charge in [0.15, 0.2) is 0 Å². The van der Waals surface area contributed by atoms with E-state index in [1.165, 1.54) is 6.07 Å². The number of hydrogen-bond acceptors (Lipinski definition) is 2. The number of nitrogens with two attached hydrogens (primary N) is 1. The van der Waals surface area contributed by atoms with Crippen molar-refractivity contribution >= 4 is 11.5 Å². The first-order valence-corrected chi connectivity index (χ1v) is 7.31. The SMILES string of the molecule is CCC(CC)N(CC(C)C)c1cccc(F)c1C(=N)N. The number of halogens is 1. The predicted molar refractivity (Wildman–Crippen MR) is 84.0 cm³/mol. The molecule has 0 bridgehead atoms. The van der Waals surface area contributed by atoms with Gasteiger partial charge >= 0.3 is 0 Å². The number of nitrogen functional groups attached to an aromatic ring is 1. The van der Waals surface area contributed by atoms with Gasteiger partial charge in [-0.3, -0.25) is 5.41 Å². The van der Waals surface area contributed by atoms with Gasteiger partial charge in [0.05, 0.1) is 11.3 Å². The lowest BCUT2D eigenvalue weighted by atomic mass is 10.0. The third-order valence-electron chi connectivity index (χ3n) is 3.52. The highest BCUT2D eigenvalue weighted by molar-refractivity contribution is 6.00. The molecule has 0 saturated carbocycles. The van der Waals surface area contributed by atoms with Crippen LogP contribution < -0.4 is 10.6 Å². The van der Waals surface area contributed by atoms with Gasteiger partial charge in [0, 0.05) is 12.6 Å². The molecule has 0 radical (unpaired) electrons. The van der Waals surface area contributed by atoms with Crippen LogP contribution in [-0.4, -0.2) is 18.4 Å². The number of rotatable bonds is 7. The Hall–Kier alpha value is -1.58. The summed E-state index contributed by atoms with van der Waals surface area (Å²) in [5.74, 6) is -0.175. The minimum atomic E-state index is -0.422. The van der Waals surface area contributed by atoms with Crippen LogP contribution in [0.25, 0.3) is 0 Å². The van der Waals surface area contributed by atoms with Crippen molar-refractivity contribution in [3.8, 4) is 0 Å². The normalized spacial score (nSPS) is 11.2. The van der Waals surface area contributed by atoms with Crippen LogP contribution in [-0.2, 0) is 0 Å². The fraction of sp³-hybridized carbons (Fsp3) is 0.562. The summed E-state index contributed by atoms with van der Waals surface area (Å²) in [7, 11) is 0. The minimum Gasteiger partial charge on any atom is -0.384 e. The first-order chi connectivity index (χ1) is 9.42. The van der Waals surface area contributed by atoms with E-state index in [1.807, 2.05) is 6.07 Å². The zero-order chi connectivity index (χ0) is 15.3. The maximum absolute atomic E-state index is 14.0. The minimum absolute atomic E-state index is 0.210. The van der Waals surface area contributed by atoms with Crippen molar-refractivity contribution in [2.45, 2.75) is 46.6 Å². The fourth-order valence-corrected chi connectivity index (χ4v) is 2.59. The Kier molecular flexibility index (Phi) is 5.99. The third-order valence-corrected chi connectivity index (χ3v) is 3.52. The van der Waals surface area contributed by atoms with Crippen LogP contribution in [0.5, 0.6) is 0 Å². The molecule has 0 aliphatic carbocycles. The largest absolute Gasteiger partial charge is 0.384 e. The molecule has 1 rings (SSSR count). The molecule has 20 heavy (non-hydrogen) atoms. The Morgan fingerprint density at radius 1 is 1.30 bits per heavy atom. The lowest BCUT2D eigenvalue weighted by molar-refractivity contribution is 0.505. The van der Waals surface area contributed by atoms with E-state index in [-0.39, 0.29) is 11.4 Å². The topological polar surface area (TPSA) is 53.1 Å². The average molecular weight is 279 g/mol. The van der Waals surface area contributed by atoms with Crippen molar-refractivity contribution in [1.29, 1.82) is 5.41 Å². The highest BCUT2D eigenvalue weighted by atomic mass is 19.1. The zero-order valence-electron chi connectivity index (χ0n) is 12.9. The lowest BCUT2D eigenvalue weighted by Crippen LogP contribution is -2.39. The second-order valence-electron chi connectivity index (χ2n) is 5.56. The number of benzene rings is 1. The lowest BCUT2D eigenvalue weighted by Gasteiger charge is -2.35. The summed E-state index contributed by atoms with van der Waals surface area (Å²) < 4.78 is 14.0. The summed E-state index contributed by atoms with van der Waals surface area (Å²) in [6.45, 7) is 9.38. The van der Waals surface area contributed by atoms with E-state index in [4.69, 9.17) is 11.1 Å². The Bertz CT molecular complexity index is 453. The summed E-state index contributed by atoms with van der Waals surface area (Å²) in [5.41, 5.74) is 6.54. The number of amidine groups is 1. The molecule has 0 fully saturated rings. The highest BCUT2D eigenvalue weighted by Crippen LogP contribution is 2.27. The first-order valence-electron chi connectivity index (χ1n) is 7.31. The smallest absolute Gasteiger partial charge is 0.136 e. The molecule has 1 aromatic rings. The molecule has 0 saturated heterocycles. The van der Waals surface area contributed by atoms with E-state index in [1.54, 1.807) is 6.07 Å². The van der Waals surface area contributed by atoms with Gasteiger partial charge in [0.2, 0.25) is 0 Å². The summed E-state index contributed by atoms with van der Waals surface area (Å²) in [6.07, 6.45) is 1.97. The Labute approximate surface area is 121 Å². The number of nitrogens with one attached hydrogen (secondary N) is 1. The highest BCUT2D eigenvalue weighted by Gasteiger charge is 2.22. The van der Waals surface area contributed by atoms with Crippen LogP contribution in [0.4, 0.5) is 10.1 Å². The van der Waals surface area contributed by atoms with Crippen LogP contribution in [0, 0.1) is 17.1 Å². The van der Waals surface area contributed by atoms with E-state index in [0.717, 1.165) is 25.1 Å². The Morgan fingerprint density at radius 2 is 1.90 bits per heavy atom. The molecule has 0 heterocycles. The fourth-order valence-electron chi connectivity index (χ4n) is 2.59. The molecular weight excluding hydrogens is 253 g/mol. The van der Waals surface area contributed by atoms with E-state index >= 15 is 0 Å².